The van der Waals surface area contributed by atoms with Gasteiger partial charge in [-0.25, -0.2) is 0 Å². The van der Waals surface area contributed by atoms with Gasteiger partial charge in [-0.1, -0.05) is 18.9 Å². The van der Waals surface area contributed by atoms with Gasteiger partial charge in [-0.2, -0.15) is 5.26 Å². The van der Waals surface area contributed by atoms with Crippen LogP contribution in [-0.4, -0.2) is 18.8 Å². The van der Waals surface area contributed by atoms with Crippen LogP contribution in [0.25, 0.3) is 0 Å². The number of rotatable bonds is 4. The minimum absolute atomic E-state index is 0.624. The van der Waals surface area contributed by atoms with Crippen LogP contribution in [0.5, 0.6) is 0 Å². The Morgan fingerprint density at radius 1 is 1.39 bits per heavy atom. The predicted octanol–water partition coefficient (Wildman–Crippen LogP) is 4.05. The molecule has 18 heavy (non-hydrogen) atoms. The number of hydrogen-bond donors (Lipinski definition) is 0. The molecule has 3 heteroatoms. The summed E-state index contributed by atoms with van der Waals surface area (Å²) in [5, 5.41) is 9.43. The van der Waals surface area contributed by atoms with Crippen molar-refractivity contribution in [1.82, 2.24) is 0 Å². The summed E-state index contributed by atoms with van der Waals surface area (Å²) in [7, 11) is 0. The summed E-state index contributed by atoms with van der Waals surface area (Å²) in [6.45, 7) is 3.17. The van der Waals surface area contributed by atoms with Gasteiger partial charge in [0.05, 0.1) is 11.3 Å². The van der Waals surface area contributed by atoms with Crippen LogP contribution < -0.4 is 4.90 Å². The molecule has 0 aromatic heterocycles. The Balaban J connectivity index is 2.38. The standard InChI is InChI=1S/C15H20N2S/c1-3-17(12-7-4-5-8-12)14-9-6-10-15(18-2)13(14)11-16/h6,9-10,12H,3-5,7-8H2,1-2H3. The number of thioether (sulfide) groups is 1. The van der Waals surface area contributed by atoms with E-state index in [-0.39, 0.29) is 0 Å². The highest BCUT2D eigenvalue weighted by Gasteiger charge is 2.24. The van der Waals surface area contributed by atoms with Crippen LogP contribution in [-0.2, 0) is 0 Å². The quantitative estimate of drug-likeness (QED) is 0.764. The Bertz CT molecular complexity index is 444. The molecule has 2 nitrogen and oxygen atoms in total. The van der Waals surface area contributed by atoms with E-state index in [0.717, 1.165) is 22.7 Å². The van der Waals surface area contributed by atoms with Crippen molar-refractivity contribution in [3.63, 3.8) is 0 Å². The minimum atomic E-state index is 0.624. The zero-order chi connectivity index (χ0) is 13.0. The fourth-order valence-electron chi connectivity index (χ4n) is 2.88. The molecule has 0 heterocycles. The van der Waals surface area contributed by atoms with Gasteiger partial charge in [-0.3, -0.25) is 0 Å². The van der Waals surface area contributed by atoms with Gasteiger partial charge >= 0.3 is 0 Å². The van der Waals surface area contributed by atoms with E-state index in [1.54, 1.807) is 11.8 Å². The summed E-state index contributed by atoms with van der Waals surface area (Å²) >= 11 is 1.66. The predicted molar refractivity (Wildman–Crippen MR) is 78.2 cm³/mol. The number of benzene rings is 1. The smallest absolute Gasteiger partial charge is 0.103 e. The Morgan fingerprint density at radius 3 is 2.67 bits per heavy atom. The first-order chi connectivity index (χ1) is 8.81. The Morgan fingerprint density at radius 2 is 2.11 bits per heavy atom. The second kappa shape index (κ2) is 6.15. The molecule has 0 aliphatic heterocycles. The van der Waals surface area contributed by atoms with Gasteiger partial charge in [0.2, 0.25) is 0 Å². The number of anilines is 1. The zero-order valence-electron chi connectivity index (χ0n) is 11.1. The van der Waals surface area contributed by atoms with Crippen LogP contribution in [0.2, 0.25) is 0 Å². The highest BCUT2D eigenvalue weighted by Crippen LogP contribution is 2.33. The molecule has 1 saturated carbocycles. The largest absolute Gasteiger partial charge is 0.368 e. The summed E-state index contributed by atoms with van der Waals surface area (Å²) in [4.78, 5) is 3.51. The number of nitrogens with zero attached hydrogens (tertiary/aromatic N) is 2. The first kappa shape index (κ1) is 13.3. The maximum Gasteiger partial charge on any atom is 0.103 e. The molecule has 0 bridgehead atoms. The molecule has 0 unspecified atom stereocenters. The van der Waals surface area contributed by atoms with E-state index in [1.807, 2.05) is 12.3 Å². The normalized spacial score (nSPS) is 15.6. The first-order valence-electron chi connectivity index (χ1n) is 6.65. The molecular formula is C15H20N2S. The van der Waals surface area contributed by atoms with Crippen molar-refractivity contribution in [3.8, 4) is 6.07 Å². The van der Waals surface area contributed by atoms with Gasteiger partial charge in [-0.15, -0.1) is 11.8 Å². The molecule has 96 valence electrons. The molecule has 1 aliphatic rings. The average molecular weight is 260 g/mol. The summed E-state index contributed by atoms with van der Waals surface area (Å²) < 4.78 is 0. The van der Waals surface area contributed by atoms with Crippen LogP contribution in [0.3, 0.4) is 0 Å². The molecule has 1 aromatic carbocycles. The third-order valence-electron chi connectivity index (χ3n) is 3.75. The van der Waals surface area contributed by atoms with Crippen LogP contribution in [0.1, 0.15) is 38.2 Å². The van der Waals surface area contributed by atoms with Gasteiger partial charge in [0.15, 0.2) is 0 Å². The van der Waals surface area contributed by atoms with Crippen molar-refractivity contribution in [2.45, 2.75) is 43.5 Å². The van der Waals surface area contributed by atoms with Crippen LogP contribution in [0.4, 0.5) is 5.69 Å². The van der Waals surface area contributed by atoms with Crippen LogP contribution in [0.15, 0.2) is 23.1 Å². The number of nitriles is 1. The molecule has 0 saturated heterocycles. The summed E-state index contributed by atoms with van der Waals surface area (Å²) in [5.41, 5.74) is 1.97. The van der Waals surface area contributed by atoms with Crippen molar-refractivity contribution >= 4 is 17.4 Å². The maximum atomic E-state index is 9.43. The molecule has 0 radical (unpaired) electrons. The lowest BCUT2D eigenvalue weighted by Gasteiger charge is -2.31. The van der Waals surface area contributed by atoms with Crippen molar-refractivity contribution < 1.29 is 0 Å². The average Bonchev–Trinajstić information content (AvgIpc) is 2.93. The highest BCUT2D eigenvalue weighted by molar-refractivity contribution is 7.98. The van der Waals surface area contributed by atoms with Crippen molar-refractivity contribution in [2.24, 2.45) is 0 Å². The van der Waals surface area contributed by atoms with Gasteiger partial charge in [0.1, 0.15) is 6.07 Å². The Labute approximate surface area is 114 Å². The molecule has 1 aromatic rings. The molecule has 1 fully saturated rings. The van der Waals surface area contributed by atoms with E-state index in [0.29, 0.717) is 6.04 Å². The molecule has 2 rings (SSSR count). The lowest BCUT2D eigenvalue weighted by atomic mass is 10.1. The van der Waals surface area contributed by atoms with Crippen molar-refractivity contribution in [2.75, 3.05) is 17.7 Å². The third kappa shape index (κ3) is 2.49. The first-order valence-corrected chi connectivity index (χ1v) is 7.88. The van der Waals surface area contributed by atoms with Gasteiger partial charge < -0.3 is 4.90 Å². The molecule has 0 amide bonds. The number of hydrogen-bond acceptors (Lipinski definition) is 3. The van der Waals surface area contributed by atoms with Gasteiger partial charge in [0, 0.05) is 17.5 Å². The Hall–Kier alpha value is -1.14. The van der Waals surface area contributed by atoms with Gasteiger partial charge in [-0.05, 0) is 38.2 Å². The minimum Gasteiger partial charge on any atom is -0.368 e. The van der Waals surface area contributed by atoms with Crippen LogP contribution in [0, 0.1) is 11.3 Å². The topological polar surface area (TPSA) is 27.0 Å². The van der Waals surface area contributed by atoms with E-state index in [2.05, 4.69) is 30.0 Å². The highest BCUT2D eigenvalue weighted by atomic mass is 32.2. The molecule has 0 spiro atoms. The molecule has 1 aliphatic carbocycles. The Kier molecular flexibility index (Phi) is 4.54. The van der Waals surface area contributed by atoms with Crippen molar-refractivity contribution in [3.05, 3.63) is 23.8 Å². The SMILES string of the molecule is CCN(c1cccc(SC)c1C#N)C1CCCC1. The lowest BCUT2D eigenvalue weighted by molar-refractivity contribution is 0.619. The van der Waals surface area contributed by atoms with E-state index in [9.17, 15) is 5.26 Å². The van der Waals surface area contributed by atoms with Crippen molar-refractivity contribution in [1.29, 1.82) is 5.26 Å². The molecule has 0 atom stereocenters. The third-order valence-corrected chi connectivity index (χ3v) is 4.53. The van der Waals surface area contributed by atoms with E-state index < -0.39 is 0 Å². The van der Waals surface area contributed by atoms with E-state index >= 15 is 0 Å². The second-order valence-corrected chi connectivity index (χ2v) is 5.54. The fraction of sp³-hybridized carbons (Fsp3) is 0.533. The van der Waals surface area contributed by atoms with E-state index in [4.69, 9.17) is 0 Å². The second-order valence-electron chi connectivity index (χ2n) is 4.69. The molecule has 0 N–H and O–H groups in total. The lowest BCUT2D eigenvalue weighted by Crippen LogP contribution is -2.33. The fourth-order valence-corrected chi connectivity index (χ4v) is 3.45. The summed E-state index contributed by atoms with van der Waals surface area (Å²) in [6.07, 6.45) is 7.22. The maximum absolute atomic E-state index is 9.43. The zero-order valence-corrected chi connectivity index (χ0v) is 12.0. The summed E-state index contributed by atoms with van der Waals surface area (Å²) in [5.74, 6) is 0. The molecular weight excluding hydrogens is 240 g/mol. The van der Waals surface area contributed by atoms with Gasteiger partial charge in [0.25, 0.3) is 0 Å². The summed E-state index contributed by atoms with van der Waals surface area (Å²) in [6, 6.07) is 9.22. The monoisotopic (exact) mass is 260 g/mol. The van der Waals surface area contributed by atoms with E-state index in [1.165, 1.54) is 25.7 Å². The van der Waals surface area contributed by atoms with Crippen LogP contribution >= 0.6 is 11.8 Å².